The van der Waals surface area contributed by atoms with Gasteiger partial charge in [-0.15, -0.1) is 0 Å². The van der Waals surface area contributed by atoms with Crippen LogP contribution in [0.2, 0.25) is 0 Å². The van der Waals surface area contributed by atoms with Gasteiger partial charge in [-0.2, -0.15) is 0 Å². The number of carbonyl (C=O) groups is 3. The number of ether oxygens (including phenoxy) is 1. The van der Waals surface area contributed by atoms with Gasteiger partial charge < -0.3 is 19.9 Å². The number of rotatable bonds is 5. The van der Waals surface area contributed by atoms with E-state index in [2.05, 4.69) is 5.32 Å². The maximum atomic E-state index is 14.9. The summed E-state index contributed by atoms with van der Waals surface area (Å²) in [5.74, 6) is -1.23. The van der Waals surface area contributed by atoms with Crippen LogP contribution in [0.5, 0.6) is 0 Å². The smallest absolute Gasteiger partial charge is 0.339 e. The molecule has 0 bridgehead atoms. The maximum absolute atomic E-state index is 14.9. The lowest BCUT2D eigenvalue weighted by molar-refractivity contribution is -0.138. The number of piperazine rings is 1. The van der Waals surface area contributed by atoms with Crippen molar-refractivity contribution in [3.05, 3.63) is 71.6 Å². The molecule has 0 unspecified atom stereocenters. The van der Waals surface area contributed by atoms with Crippen molar-refractivity contribution in [2.75, 3.05) is 37.6 Å². The number of amides is 2. The number of nitrogens with zero attached hydrogens (tertiary/aromatic N) is 2. The number of nitrogens with one attached hydrogen (secondary N) is 1. The fourth-order valence-electron chi connectivity index (χ4n) is 3.89. The van der Waals surface area contributed by atoms with Gasteiger partial charge in [-0.05, 0) is 35.9 Å². The number of esters is 1. The molecule has 8 heteroatoms. The minimum absolute atomic E-state index is 0.0263. The van der Waals surface area contributed by atoms with Gasteiger partial charge in [0, 0.05) is 38.7 Å². The van der Waals surface area contributed by atoms with E-state index in [0.717, 1.165) is 0 Å². The summed E-state index contributed by atoms with van der Waals surface area (Å²) >= 11 is 0. The third-order valence-corrected chi connectivity index (χ3v) is 5.57. The number of carbonyl (C=O) groups excluding carboxylic acids is 3. The lowest BCUT2D eigenvalue weighted by atomic mass is 10.0. The minimum Gasteiger partial charge on any atom is -0.453 e. The van der Waals surface area contributed by atoms with Crippen molar-refractivity contribution in [2.24, 2.45) is 0 Å². The second kappa shape index (κ2) is 9.21. The summed E-state index contributed by atoms with van der Waals surface area (Å²) in [6.07, 6.45) is 1.03. The Labute approximate surface area is 185 Å². The van der Waals surface area contributed by atoms with E-state index in [1.54, 1.807) is 35.2 Å². The normalized spacial score (nSPS) is 18.2. The van der Waals surface area contributed by atoms with Crippen LogP contribution in [0, 0.1) is 5.82 Å². The first-order chi connectivity index (χ1) is 15.4. The minimum atomic E-state index is -0.570. The second-order valence-corrected chi connectivity index (χ2v) is 7.77. The van der Waals surface area contributed by atoms with Crippen molar-refractivity contribution in [3.8, 4) is 0 Å². The van der Waals surface area contributed by atoms with Gasteiger partial charge in [0.25, 0.3) is 5.91 Å². The van der Waals surface area contributed by atoms with E-state index in [0.29, 0.717) is 43.0 Å². The van der Waals surface area contributed by atoms with Crippen LogP contribution in [-0.2, 0) is 14.3 Å². The Morgan fingerprint density at radius 3 is 2.47 bits per heavy atom. The highest BCUT2D eigenvalue weighted by Gasteiger charge is 2.28. The molecule has 0 aromatic heterocycles. The monoisotopic (exact) mass is 437 g/mol. The molecule has 2 aromatic carbocycles. The van der Waals surface area contributed by atoms with Gasteiger partial charge in [-0.3, -0.25) is 9.59 Å². The first-order valence-corrected chi connectivity index (χ1v) is 10.5. The zero-order valence-electron chi connectivity index (χ0n) is 17.7. The van der Waals surface area contributed by atoms with Crippen molar-refractivity contribution in [1.82, 2.24) is 10.2 Å². The first kappa shape index (κ1) is 21.5. The predicted molar refractivity (Wildman–Crippen MR) is 117 cm³/mol. The highest BCUT2D eigenvalue weighted by atomic mass is 19.1. The summed E-state index contributed by atoms with van der Waals surface area (Å²) < 4.78 is 20.1. The third-order valence-electron chi connectivity index (χ3n) is 5.57. The van der Waals surface area contributed by atoms with E-state index in [1.807, 2.05) is 23.1 Å². The predicted octanol–water partition coefficient (Wildman–Crippen LogP) is 2.23. The third kappa shape index (κ3) is 4.64. The molecule has 0 radical (unpaired) electrons. The lowest BCUT2D eigenvalue weighted by Crippen LogP contribution is -2.49. The molecule has 2 aromatic rings. The van der Waals surface area contributed by atoms with Gasteiger partial charge in [-0.1, -0.05) is 24.3 Å². The molecule has 166 valence electrons. The van der Waals surface area contributed by atoms with Crippen molar-refractivity contribution in [2.45, 2.75) is 13.0 Å². The van der Waals surface area contributed by atoms with Crippen LogP contribution in [0.4, 0.5) is 10.1 Å². The van der Waals surface area contributed by atoms with Crippen LogP contribution in [0.1, 0.15) is 22.8 Å². The van der Waals surface area contributed by atoms with E-state index < -0.39 is 17.9 Å². The summed E-state index contributed by atoms with van der Waals surface area (Å²) in [6.45, 7) is 3.58. The van der Waals surface area contributed by atoms with E-state index in [-0.39, 0.29) is 23.9 Å². The molecular weight excluding hydrogens is 413 g/mol. The molecule has 2 aliphatic rings. The fraction of sp³-hybridized carbons (Fsp3) is 0.292. The van der Waals surface area contributed by atoms with Crippen molar-refractivity contribution in [1.29, 1.82) is 0 Å². The zero-order valence-corrected chi connectivity index (χ0v) is 17.7. The standard InChI is InChI=1S/C24H24FN3O4/c1-16(29)26-15-19-14-20(24(31)32-19)18-7-8-22(21(25)13-18)27-9-11-28(12-10-27)23(30)17-5-3-2-4-6-17/h2-8,13-14,19H,9-12,15H2,1H3,(H,26,29)/t19-/m1/s1. The van der Waals surface area contributed by atoms with Crippen LogP contribution < -0.4 is 10.2 Å². The van der Waals surface area contributed by atoms with E-state index >= 15 is 0 Å². The molecule has 1 fully saturated rings. The van der Waals surface area contributed by atoms with Crippen LogP contribution in [0.25, 0.3) is 5.57 Å². The first-order valence-electron chi connectivity index (χ1n) is 10.5. The Morgan fingerprint density at radius 1 is 1.09 bits per heavy atom. The van der Waals surface area contributed by atoms with E-state index in [9.17, 15) is 18.8 Å². The average molecular weight is 437 g/mol. The molecule has 2 amide bonds. The maximum Gasteiger partial charge on any atom is 0.339 e. The van der Waals surface area contributed by atoms with Gasteiger partial charge in [0.2, 0.25) is 5.91 Å². The number of cyclic esters (lactones) is 1. The molecule has 0 aliphatic carbocycles. The highest BCUT2D eigenvalue weighted by Crippen LogP contribution is 2.29. The number of halogens is 1. The Hall–Kier alpha value is -3.68. The molecular formula is C24H24FN3O4. The quantitative estimate of drug-likeness (QED) is 0.726. The number of hydrogen-bond acceptors (Lipinski definition) is 5. The molecule has 1 saturated heterocycles. The number of benzene rings is 2. The van der Waals surface area contributed by atoms with Crippen molar-refractivity contribution >= 4 is 29.0 Å². The average Bonchev–Trinajstić information content (AvgIpc) is 3.18. The number of anilines is 1. The van der Waals surface area contributed by atoms with Crippen LogP contribution in [0.3, 0.4) is 0 Å². The molecule has 7 nitrogen and oxygen atoms in total. The van der Waals surface area contributed by atoms with Gasteiger partial charge >= 0.3 is 5.97 Å². The van der Waals surface area contributed by atoms with Gasteiger partial charge in [0.15, 0.2) is 0 Å². The lowest BCUT2D eigenvalue weighted by Gasteiger charge is -2.36. The Balaban J connectivity index is 1.41. The SMILES string of the molecule is CC(=O)NC[C@H]1C=C(c2ccc(N3CCN(C(=O)c4ccccc4)CC3)c(F)c2)C(=O)O1. The molecule has 0 saturated carbocycles. The van der Waals surface area contributed by atoms with E-state index in [4.69, 9.17) is 4.74 Å². The molecule has 2 aliphatic heterocycles. The summed E-state index contributed by atoms with van der Waals surface area (Å²) in [4.78, 5) is 39.5. The van der Waals surface area contributed by atoms with Crippen LogP contribution in [0.15, 0.2) is 54.6 Å². The summed E-state index contributed by atoms with van der Waals surface area (Å²) in [7, 11) is 0. The van der Waals surface area contributed by atoms with Crippen molar-refractivity contribution < 1.29 is 23.5 Å². The molecule has 0 spiro atoms. The topological polar surface area (TPSA) is 79.0 Å². The molecule has 32 heavy (non-hydrogen) atoms. The zero-order chi connectivity index (χ0) is 22.7. The van der Waals surface area contributed by atoms with E-state index in [1.165, 1.54) is 13.0 Å². The van der Waals surface area contributed by atoms with Crippen LogP contribution in [-0.4, -0.2) is 61.5 Å². The molecule has 2 heterocycles. The Kier molecular flexibility index (Phi) is 6.20. The fourth-order valence-corrected chi connectivity index (χ4v) is 3.89. The Bertz CT molecular complexity index is 1060. The van der Waals surface area contributed by atoms with Crippen LogP contribution >= 0.6 is 0 Å². The number of hydrogen-bond donors (Lipinski definition) is 1. The second-order valence-electron chi connectivity index (χ2n) is 7.77. The van der Waals surface area contributed by atoms with Gasteiger partial charge in [0.05, 0.1) is 17.8 Å². The van der Waals surface area contributed by atoms with Crippen molar-refractivity contribution in [3.63, 3.8) is 0 Å². The summed E-state index contributed by atoms with van der Waals surface area (Å²) in [5, 5.41) is 2.60. The molecule has 1 atom stereocenters. The van der Waals surface area contributed by atoms with Gasteiger partial charge in [-0.25, -0.2) is 9.18 Å². The largest absolute Gasteiger partial charge is 0.453 e. The molecule has 1 N–H and O–H groups in total. The molecule has 4 rings (SSSR count). The van der Waals surface area contributed by atoms with Gasteiger partial charge in [0.1, 0.15) is 11.9 Å². The highest BCUT2D eigenvalue weighted by molar-refractivity contribution is 6.18. The summed E-state index contributed by atoms with van der Waals surface area (Å²) in [6, 6.07) is 13.8. The summed E-state index contributed by atoms with van der Waals surface area (Å²) in [5.41, 5.74) is 1.79. The Morgan fingerprint density at radius 2 is 1.81 bits per heavy atom.